The molecule has 0 atom stereocenters. The van der Waals surface area contributed by atoms with E-state index in [4.69, 9.17) is 0 Å². The second kappa shape index (κ2) is 9.57. The molecular weight excluding hydrogens is 410 g/mol. The molecule has 0 bridgehead atoms. The molecule has 0 unspecified atom stereocenters. The molecular formula is C24H25N3O3S. The Kier molecular flexibility index (Phi) is 6.87. The predicted molar refractivity (Wildman–Crippen MR) is 124 cm³/mol. The van der Waals surface area contributed by atoms with E-state index in [1.807, 2.05) is 57.2 Å². The number of rotatable bonds is 7. The molecule has 0 radical (unpaired) electrons. The van der Waals surface area contributed by atoms with E-state index < -0.39 is 22.5 Å². The normalized spacial score (nSPS) is 11.5. The van der Waals surface area contributed by atoms with Crippen LogP contribution in [0.4, 0.5) is 5.69 Å². The SMILES string of the molecule is Cc1ccc(S(=O)(=O)N(CC(=O)N/N=C/c2ccccc2)c2cccc(C)c2C)cc1. The summed E-state index contributed by atoms with van der Waals surface area (Å²) in [4.78, 5) is 12.7. The Morgan fingerprint density at radius 2 is 1.61 bits per heavy atom. The van der Waals surface area contributed by atoms with Gasteiger partial charge in [0.25, 0.3) is 15.9 Å². The summed E-state index contributed by atoms with van der Waals surface area (Å²) < 4.78 is 28.0. The van der Waals surface area contributed by atoms with Crippen molar-refractivity contribution in [1.29, 1.82) is 0 Å². The molecule has 0 aliphatic rings. The summed E-state index contributed by atoms with van der Waals surface area (Å²) >= 11 is 0. The molecule has 0 heterocycles. The van der Waals surface area contributed by atoms with Crippen LogP contribution in [-0.2, 0) is 14.8 Å². The van der Waals surface area contributed by atoms with E-state index in [-0.39, 0.29) is 4.90 Å². The molecule has 3 rings (SSSR count). The van der Waals surface area contributed by atoms with Gasteiger partial charge < -0.3 is 0 Å². The van der Waals surface area contributed by atoms with Crippen molar-refractivity contribution in [3.63, 3.8) is 0 Å². The van der Waals surface area contributed by atoms with Crippen LogP contribution in [0.2, 0.25) is 0 Å². The van der Waals surface area contributed by atoms with Crippen molar-refractivity contribution in [1.82, 2.24) is 5.43 Å². The van der Waals surface area contributed by atoms with Crippen LogP contribution < -0.4 is 9.73 Å². The van der Waals surface area contributed by atoms with Crippen LogP contribution in [0.3, 0.4) is 0 Å². The van der Waals surface area contributed by atoms with Crippen LogP contribution in [0.15, 0.2) is 82.8 Å². The van der Waals surface area contributed by atoms with Gasteiger partial charge in [0.2, 0.25) is 0 Å². The first-order valence-electron chi connectivity index (χ1n) is 9.81. The summed E-state index contributed by atoms with van der Waals surface area (Å²) in [5, 5.41) is 3.95. The second-order valence-corrected chi connectivity index (χ2v) is 9.11. The predicted octanol–water partition coefficient (Wildman–Crippen LogP) is 3.96. The zero-order valence-electron chi connectivity index (χ0n) is 17.7. The lowest BCUT2D eigenvalue weighted by Gasteiger charge is -2.26. The number of benzene rings is 3. The number of sulfonamides is 1. The van der Waals surface area contributed by atoms with E-state index in [9.17, 15) is 13.2 Å². The summed E-state index contributed by atoms with van der Waals surface area (Å²) in [5.74, 6) is -0.538. The first-order valence-corrected chi connectivity index (χ1v) is 11.3. The van der Waals surface area contributed by atoms with Crippen LogP contribution in [0.25, 0.3) is 0 Å². The number of aryl methyl sites for hydroxylation is 2. The van der Waals surface area contributed by atoms with Crippen LogP contribution >= 0.6 is 0 Å². The maximum Gasteiger partial charge on any atom is 0.264 e. The molecule has 3 aromatic rings. The molecule has 3 aromatic carbocycles. The standard InChI is InChI=1S/C24H25N3O3S/c1-18-12-14-22(15-13-18)31(29,30)27(23-11-7-8-19(2)20(23)3)17-24(28)26-25-16-21-9-5-4-6-10-21/h4-16H,17H2,1-3H3,(H,26,28)/b25-16+. The van der Waals surface area contributed by atoms with Crippen LogP contribution in [0.1, 0.15) is 22.3 Å². The van der Waals surface area contributed by atoms with Gasteiger partial charge in [0.05, 0.1) is 16.8 Å². The Bertz CT molecular complexity index is 1190. The van der Waals surface area contributed by atoms with Crippen molar-refractivity contribution in [3.8, 4) is 0 Å². The number of hydrogen-bond donors (Lipinski definition) is 1. The summed E-state index contributed by atoms with van der Waals surface area (Å²) in [5.41, 5.74) is 6.38. The van der Waals surface area contributed by atoms with Crippen LogP contribution in [-0.4, -0.2) is 27.1 Å². The Labute approximate surface area is 183 Å². The van der Waals surface area contributed by atoms with Crippen molar-refractivity contribution < 1.29 is 13.2 Å². The fraction of sp³-hybridized carbons (Fsp3) is 0.167. The van der Waals surface area contributed by atoms with E-state index in [1.165, 1.54) is 6.21 Å². The van der Waals surface area contributed by atoms with Gasteiger partial charge in [0.1, 0.15) is 6.54 Å². The lowest BCUT2D eigenvalue weighted by atomic mass is 10.1. The third-order valence-corrected chi connectivity index (χ3v) is 6.72. The van der Waals surface area contributed by atoms with Gasteiger partial charge in [-0.3, -0.25) is 9.10 Å². The summed E-state index contributed by atoms with van der Waals surface area (Å²) in [6, 6.07) is 21.3. The quantitative estimate of drug-likeness (QED) is 0.451. The maximum atomic E-state index is 13.4. The summed E-state index contributed by atoms with van der Waals surface area (Å²) in [6.07, 6.45) is 1.51. The van der Waals surface area contributed by atoms with Crippen molar-refractivity contribution in [2.75, 3.05) is 10.8 Å². The molecule has 0 aliphatic heterocycles. The zero-order chi connectivity index (χ0) is 22.4. The molecule has 7 heteroatoms. The molecule has 31 heavy (non-hydrogen) atoms. The highest BCUT2D eigenvalue weighted by Crippen LogP contribution is 2.28. The number of anilines is 1. The molecule has 0 saturated heterocycles. The number of hydrazone groups is 1. The first-order chi connectivity index (χ1) is 14.8. The average Bonchev–Trinajstić information content (AvgIpc) is 2.75. The van der Waals surface area contributed by atoms with E-state index in [0.29, 0.717) is 5.69 Å². The van der Waals surface area contributed by atoms with Gasteiger partial charge in [-0.1, -0.05) is 60.2 Å². The Balaban J connectivity index is 1.91. The highest BCUT2D eigenvalue weighted by atomic mass is 32.2. The second-order valence-electron chi connectivity index (χ2n) is 7.25. The Morgan fingerprint density at radius 1 is 0.935 bits per heavy atom. The van der Waals surface area contributed by atoms with Crippen LogP contribution in [0, 0.1) is 20.8 Å². The lowest BCUT2D eigenvalue weighted by Crippen LogP contribution is -2.40. The minimum Gasteiger partial charge on any atom is -0.271 e. The molecule has 1 N–H and O–H groups in total. The Hall–Kier alpha value is -3.45. The fourth-order valence-electron chi connectivity index (χ4n) is 3.03. The number of amides is 1. The van der Waals surface area contributed by atoms with Crippen molar-refractivity contribution in [2.45, 2.75) is 25.7 Å². The van der Waals surface area contributed by atoms with Gasteiger partial charge in [-0.2, -0.15) is 5.10 Å². The van der Waals surface area contributed by atoms with E-state index in [2.05, 4.69) is 10.5 Å². The Morgan fingerprint density at radius 3 is 2.29 bits per heavy atom. The summed E-state index contributed by atoms with van der Waals surface area (Å²) in [7, 11) is -3.96. The van der Waals surface area contributed by atoms with Crippen molar-refractivity contribution in [2.24, 2.45) is 5.10 Å². The number of nitrogens with zero attached hydrogens (tertiary/aromatic N) is 2. The largest absolute Gasteiger partial charge is 0.271 e. The minimum atomic E-state index is -3.96. The van der Waals surface area contributed by atoms with Gasteiger partial charge in [-0.25, -0.2) is 13.8 Å². The third kappa shape index (κ3) is 5.38. The van der Waals surface area contributed by atoms with Gasteiger partial charge in [-0.15, -0.1) is 0 Å². The molecule has 0 saturated carbocycles. The van der Waals surface area contributed by atoms with Gasteiger partial charge in [0, 0.05) is 0 Å². The number of carbonyl (C=O) groups is 1. The van der Waals surface area contributed by atoms with Crippen molar-refractivity contribution in [3.05, 3.63) is 95.1 Å². The van der Waals surface area contributed by atoms with E-state index in [0.717, 1.165) is 26.6 Å². The first kappa shape index (κ1) is 22.2. The van der Waals surface area contributed by atoms with E-state index >= 15 is 0 Å². The van der Waals surface area contributed by atoms with E-state index in [1.54, 1.807) is 36.4 Å². The summed E-state index contributed by atoms with van der Waals surface area (Å²) in [6.45, 7) is 5.23. The fourth-order valence-corrected chi connectivity index (χ4v) is 4.51. The molecule has 0 aliphatic carbocycles. The maximum absolute atomic E-state index is 13.4. The highest BCUT2D eigenvalue weighted by molar-refractivity contribution is 7.92. The zero-order valence-corrected chi connectivity index (χ0v) is 18.6. The number of carbonyl (C=O) groups excluding carboxylic acids is 1. The topological polar surface area (TPSA) is 78.8 Å². The third-order valence-electron chi connectivity index (χ3n) is 4.94. The minimum absolute atomic E-state index is 0.125. The molecule has 0 fully saturated rings. The molecule has 1 amide bonds. The van der Waals surface area contributed by atoms with Crippen molar-refractivity contribution >= 4 is 27.8 Å². The number of hydrogen-bond acceptors (Lipinski definition) is 4. The monoisotopic (exact) mass is 435 g/mol. The van der Waals surface area contributed by atoms with Crippen LogP contribution in [0.5, 0.6) is 0 Å². The highest BCUT2D eigenvalue weighted by Gasteiger charge is 2.28. The van der Waals surface area contributed by atoms with Gasteiger partial charge >= 0.3 is 0 Å². The smallest absolute Gasteiger partial charge is 0.264 e. The molecule has 0 aromatic heterocycles. The number of nitrogens with one attached hydrogen (secondary N) is 1. The lowest BCUT2D eigenvalue weighted by molar-refractivity contribution is -0.119. The van der Waals surface area contributed by atoms with Gasteiger partial charge in [-0.05, 0) is 55.7 Å². The molecule has 160 valence electrons. The average molecular weight is 436 g/mol. The van der Waals surface area contributed by atoms with Gasteiger partial charge in [0.15, 0.2) is 0 Å². The molecule has 6 nitrogen and oxygen atoms in total. The molecule has 0 spiro atoms.